The topological polar surface area (TPSA) is 52.6 Å². The summed E-state index contributed by atoms with van der Waals surface area (Å²) in [5.74, 6) is -0.525. The molecule has 0 amide bonds. The third-order valence-electron chi connectivity index (χ3n) is 3.99. The predicted molar refractivity (Wildman–Crippen MR) is 108 cm³/mol. The van der Waals surface area contributed by atoms with Crippen molar-refractivity contribution in [1.82, 2.24) is 0 Å². The van der Waals surface area contributed by atoms with E-state index in [1.54, 1.807) is 30.3 Å². The lowest BCUT2D eigenvalue weighted by Gasteiger charge is -2.06. The molecule has 0 atom stereocenters. The predicted octanol–water partition coefficient (Wildman–Crippen LogP) is 4.70. The van der Waals surface area contributed by atoms with Gasteiger partial charge >= 0.3 is 11.9 Å². The van der Waals surface area contributed by atoms with Crippen LogP contribution in [0.5, 0.6) is 5.75 Å². The largest absolute Gasteiger partial charge is 0.462 e. The van der Waals surface area contributed by atoms with Gasteiger partial charge in [0, 0.05) is 12.5 Å². The molecule has 3 rings (SSSR count). The smallest absolute Gasteiger partial charge is 0.338 e. The average Bonchev–Trinajstić information content (AvgIpc) is 2.74. The van der Waals surface area contributed by atoms with Crippen molar-refractivity contribution in [2.75, 3.05) is 6.61 Å². The van der Waals surface area contributed by atoms with E-state index in [1.165, 1.54) is 6.08 Å². The molecule has 0 saturated carbocycles. The Morgan fingerprint density at radius 3 is 2.11 bits per heavy atom. The number of hydrogen-bond acceptors (Lipinski definition) is 4. The third-order valence-corrected chi connectivity index (χ3v) is 3.99. The van der Waals surface area contributed by atoms with Gasteiger partial charge in [-0.25, -0.2) is 9.59 Å². The summed E-state index contributed by atoms with van der Waals surface area (Å²) in [4.78, 5) is 24.0. The second-order valence-corrected chi connectivity index (χ2v) is 6.06. The Morgan fingerprint density at radius 1 is 0.786 bits per heavy atom. The van der Waals surface area contributed by atoms with E-state index in [9.17, 15) is 9.59 Å². The van der Waals surface area contributed by atoms with Gasteiger partial charge in [0.15, 0.2) is 0 Å². The zero-order chi connectivity index (χ0) is 19.6. The monoisotopic (exact) mass is 372 g/mol. The normalized spacial score (nSPS) is 10.6. The van der Waals surface area contributed by atoms with E-state index < -0.39 is 11.9 Å². The molecule has 0 radical (unpaired) electrons. The van der Waals surface area contributed by atoms with Crippen LogP contribution in [-0.2, 0) is 16.0 Å². The Morgan fingerprint density at radius 2 is 1.43 bits per heavy atom. The lowest BCUT2D eigenvalue weighted by atomic mass is 10.2. The van der Waals surface area contributed by atoms with Crippen LogP contribution >= 0.6 is 0 Å². The molecule has 0 unspecified atom stereocenters. The van der Waals surface area contributed by atoms with Gasteiger partial charge in [0.1, 0.15) is 5.75 Å². The fourth-order valence-corrected chi connectivity index (χ4v) is 2.53. The number of ether oxygens (including phenoxy) is 2. The maximum atomic E-state index is 12.1. The zero-order valence-corrected chi connectivity index (χ0v) is 15.3. The van der Waals surface area contributed by atoms with Gasteiger partial charge in [-0.3, -0.25) is 0 Å². The Labute approximate surface area is 164 Å². The van der Waals surface area contributed by atoms with E-state index in [2.05, 4.69) is 0 Å². The molecule has 0 fully saturated rings. The van der Waals surface area contributed by atoms with Crippen LogP contribution in [0, 0.1) is 0 Å². The minimum absolute atomic E-state index is 0.309. The van der Waals surface area contributed by atoms with Crippen LogP contribution in [0.1, 0.15) is 21.5 Å². The summed E-state index contributed by atoms with van der Waals surface area (Å²) >= 11 is 0. The molecule has 0 N–H and O–H groups in total. The first-order chi connectivity index (χ1) is 13.7. The molecule has 0 heterocycles. The molecule has 3 aromatic rings. The molecule has 0 aliphatic heterocycles. The van der Waals surface area contributed by atoms with E-state index in [-0.39, 0.29) is 0 Å². The van der Waals surface area contributed by atoms with Gasteiger partial charge in [-0.05, 0) is 41.5 Å². The highest BCUT2D eigenvalue weighted by atomic mass is 16.5. The van der Waals surface area contributed by atoms with Crippen molar-refractivity contribution in [3.63, 3.8) is 0 Å². The minimum atomic E-state index is -0.484. The summed E-state index contributed by atoms with van der Waals surface area (Å²) in [6, 6.07) is 25.6. The summed E-state index contributed by atoms with van der Waals surface area (Å²) in [5.41, 5.74) is 2.43. The number of rotatable bonds is 7. The Bertz CT molecular complexity index is 929. The first-order valence-electron chi connectivity index (χ1n) is 8.97. The van der Waals surface area contributed by atoms with E-state index in [0.29, 0.717) is 24.3 Å². The maximum absolute atomic E-state index is 12.1. The molecule has 0 aliphatic rings. The molecule has 28 heavy (non-hydrogen) atoms. The van der Waals surface area contributed by atoms with Crippen LogP contribution in [0.15, 0.2) is 91.0 Å². The van der Waals surface area contributed by atoms with E-state index >= 15 is 0 Å². The van der Waals surface area contributed by atoms with Crippen LogP contribution in [0.2, 0.25) is 0 Å². The number of carbonyl (C=O) groups is 2. The van der Waals surface area contributed by atoms with Gasteiger partial charge in [0.2, 0.25) is 0 Å². The number of benzene rings is 3. The average molecular weight is 372 g/mol. The van der Waals surface area contributed by atoms with Crippen molar-refractivity contribution in [2.45, 2.75) is 6.42 Å². The lowest BCUT2D eigenvalue weighted by molar-refractivity contribution is -0.128. The summed E-state index contributed by atoms with van der Waals surface area (Å²) in [6.07, 6.45) is 3.71. The van der Waals surface area contributed by atoms with E-state index in [0.717, 1.165) is 11.1 Å². The molecule has 0 aromatic heterocycles. The molecule has 0 spiro atoms. The molecule has 4 nitrogen and oxygen atoms in total. The van der Waals surface area contributed by atoms with Crippen molar-refractivity contribution >= 4 is 18.0 Å². The maximum Gasteiger partial charge on any atom is 0.338 e. The highest BCUT2D eigenvalue weighted by Gasteiger charge is 2.08. The number of carbonyl (C=O) groups excluding carboxylic acids is 2. The zero-order valence-electron chi connectivity index (χ0n) is 15.3. The summed E-state index contributed by atoms with van der Waals surface area (Å²) in [5, 5.41) is 0. The van der Waals surface area contributed by atoms with Crippen LogP contribution < -0.4 is 4.74 Å². The van der Waals surface area contributed by atoms with Crippen LogP contribution in [0.25, 0.3) is 6.08 Å². The SMILES string of the molecule is O=C(/C=C/c1ccccc1)Oc1ccc(C(=O)OCCc2ccccc2)cc1. The van der Waals surface area contributed by atoms with Crippen LogP contribution in [0.4, 0.5) is 0 Å². The van der Waals surface area contributed by atoms with Gasteiger partial charge in [-0.1, -0.05) is 60.7 Å². The van der Waals surface area contributed by atoms with Crippen molar-refractivity contribution in [2.24, 2.45) is 0 Å². The van der Waals surface area contributed by atoms with Gasteiger partial charge in [0.05, 0.1) is 12.2 Å². The molecule has 0 saturated heterocycles. The van der Waals surface area contributed by atoms with Gasteiger partial charge in [0.25, 0.3) is 0 Å². The van der Waals surface area contributed by atoms with Crippen molar-refractivity contribution in [3.8, 4) is 5.75 Å². The van der Waals surface area contributed by atoms with Crippen LogP contribution in [-0.4, -0.2) is 18.5 Å². The molecule has 0 aliphatic carbocycles. The highest BCUT2D eigenvalue weighted by molar-refractivity contribution is 5.90. The Hall–Kier alpha value is -3.66. The molecular formula is C24H20O4. The highest BCUT2D eigenvalue weighted by Crippen LogP contribution is 2.14. The quantitative estimate of drug-likeness (QED) is 0.343. The van der Waals surface area contributed by atoms with Gasteiger partial charge in [-0.2, -0.15) is 0 Å². The summed E-state index contributed by atoms with van der Waals surface area (Å²) < 4.78 is 10.5. The van der Waals surface area contributed by atoms with Gasteiger partial charge < -0.3 is 9.47 Å². The van der Waals surface area contributed by atoms with Crippen LogP contribution in [0.3, 0.4) is 0 Å². The second-order valence-electron chi connectivity index (χ2n) is 6.06. The van der Waals surface area contributed by atoms with E-state index in [1.807, 2.05) is 60.7 Å². The van der Waals surface area contributed by atoms with Crippen molar-refractivity contribution < 1.29 is 19.1 Å². The van der Waals surface area contributed by atoms with E-state index in [4.69, 9.17) is 9.47 Å². The summed E-state index contributed by atoms with van der Waals surface area (Å²) in [7, 11) is 0. The first-order valence-corrected chi connectivity index (χ1v) is 8.97. The molecule has 4 heteroatoms. The van der Waals surface area contributed by atoms with Gasteiger partial charge in [-0.15, -0.1) is 0 Å². The van der Waals surface area contributed by atoms with Crippen molar-refractivity contribution in [1.29, 1.82) is 0 Å². The summed E-state index contributed by atoms with van der Waals surface area (Å²) in [6.45, 7) is 0.309. The molecule has 3 aromatic carbocycles. The second kappa shape index (κ2) is 9.88. The fraction of sp³-hybridized carbons (Fsp3) is 0.0833. The minimum Gasteiger partial charge on any atom is -0.462 e. The Balaban J connectivity index is 1.48. The lowest BCUT2D eigenvalue weighted by Crippen LogP contribution is -2.08. The molecular weight excluding hydrogens is 352 g/mol. The number of esters is 2. The number of hydrogen-bond donors (Lipinski definition) is 0. The fourth-order valence-electron chi connectivity index (χ4n) is 2.53. The standard InChI is InChI=1S/C24H20O4/c25-23(16-11-19-7-3-1-4-8-19)28-22-14-12-21(13-15-22)24(26)27-18-17-20-9-5-2-6-10-20/h1-16H,17-18H2/b16-11+. The molecule has 140 valence electrons. The first kappa shape index (κ1) is 19.1. The Kier molecular flexibility index (Phi) is 6.74. The third kappa shape index (κ3) is 5.95. The molecule has 0 bridgehead atoms. The van der Waals surface area contributed by atoms with Crippen molar-refractivity contribution in [3.05, 3.63) is 108 Å².